The number of benzene rings is 1. The van der Waals surface area contributed by atoms with E-state index in [1.54, 1.807) is 0 Å². The van der Waals surface area contributed by atoms with Crippen molar-refractivity contribution in [2.24, 2.45) is 0 Å². The first-order valence-corrected chi connectivity index (χ1v) is 11.5. The highest BCUT2D eigenvalue weighted by atomic mass is 79.9. The molecule has 0 heterocycles. The van der Waals surface area contributed by atoms with Gasteiger partial charge in [-0.05, 0) is 96.3 Å². The summed E-state index contributed by atoms with van der Waals surface area (Å²) in [6.07, 6.45) is 5.03. The lowest BCUT2D eigenvalue weighted by Gasteiger charge is -2.31. The van der Waals surface area contributed by atoms with Gasteiger partial charge >= 0.3 is 0 Å². The molecule has 0 saturated heterocycles. The van der Waals surface area contributed by atoms with Crippen molar-refractivity contribution < 1.29 is 0 Å². The Labute approximate surface area is 184 Å². The molecule has 1 aromatic carbocycles. The molecule has 2 rings (SSSR count). The predicted molar refractivity (Wildman–Crippen MR) is 114 cm³/mol. The second kappa shape index (κ2) is 7.19. The van der Waals surface area contributed by atoms with Gasteiger partial charge in [-0.15, -0.1) is 0 Å². The Hall–Kier alpha value is 2.54. The summed E-state index contributed by atoms with van der Waals surface area (Å²) in [5.74, 6) is 0. The van der Waals surface area contributed by atoms with Crippen LogP contribution in [-0.2, 0) is 4.32 Å². The molecule has 0 N–H and O–H groups in total. The van der Waals surface area contributed by atoms with Crippen LogP contribution in [0.2, 0.25) is 0 Å². The molecule has 0 aliphatic heterocycles. The molecular weight excluding hydrogens is 783 g/mol. The van der Waals surface area contributed by atoms with Crippen molar-refractivity contribution in [3.05, 3.63) is 49.0 Å². The number of halogens is 8. The number of alkyl halides is 1. The van der Waals surface area contributed by atoms with Crippen LogP contribution in [0, 0.1) is 0 Å². The highest BCUT2D eigenvalue weighted by molar-refractivity contribution is 9.16. The molecule has 1 aliphatic rings. The van der Waals surface area contributed by atoms with E-state index < -0.39 is 0 Å². The Morgan fingerprint density at radius 1 is 0.750 bits per heavy atom. The number of rotatable bonds is 1. The third kappa shape index (κ3) is 3.62. The third-order valence-electron chi connectivity index (χ3n) is 2.71. The zero-order valence-corrected chi connectivity index (χ0v) is 22.1. The molecule has 0 amide bonds. The molecule has 1 atom stereocenters. The van der Waals surface area contributed by atoms with Gasteiger partial charge in [0.2, 0.25) is 0 Å². The fourth-order valence-electron chi connectivity index (χ4n) is 1.89. The average Bonchev–Trinajstić information content (AvgIpc) is 2.32. The summed E-state index contributed by atoms with van der Waals surface area (Å²) in [6, 6.07) is 0. The van der Waals surface area contributed by atoms with Gasteiger partial charge in [0, 0.05) is 38.8 Å². The van der Waals surface area contributed by atoms with E-state index >= 15 is 0 Å². The van der Waals surface area contributed by atoms with E-state index in [0.717, 1.165) is 43.3 Å². The summed E-state index contributed by atoms with van der Waals surface area (Å²) in [4.78, 5) is 0. The van der Waals surface area contributed by atoms with Crippen LogP contribution in [0.1, 0.15) is 12.0 Å². The van der Waals surface area contributed by atoms with Gasteiger partial charge < -0.3 is 0 Å². The molecule has 0 fully saturated rings. The highest BCUT2D eigenvalue weighted by Gasteiger charge is 2.36. The van der Waals surface area contributed by atoms with Crippen LogP contribution in [0.4, 0.5) is 0 Å². The lowest BCUT2D eigenvalue weighted by Crippen LogP contribution is -2.19. The van der Waals surface area contributed by atoms with Crippen molar-refractivity contribution in [1.29, 1.82) is 0 Å². The number of hydrogen-bond donors (Lipinski definition) is 0. The van der Waals surface area contributed by atoms with Gasteiger partial charge in [0.1, 0.15) is 0 Å². The van der Waals surface area contributed by atoms with Crippen LogP contribution in [0.5, 0.6) is 0 Å². The fourth-order valence-corrected chi connectivity index (χ4v) is 9.47. The van der Waals surface area contributed by atoms with Gasteiger partial charge in [0.05, 0.1) is 4.32 Å². The zero-order valence-electron chi connectivity index (χ0n) is 9.39. The van der Waals surface area contributed by atoms with E-state index in [2.05, 4.69) is 140 Å². The summed E-state index contributed by atoms with van der Waals surface area (Å²) < 4.78 is 6.73. The van der Waals surface area contributed by atoms with Crippen molar-refractivity contribution in [3.63, 3.8) is 0 Å². The van der Waals surface area contributed by atoms with Crippen molar-refractivity contribution in [3.8, 4) is 0 Å². The molecule has 20 heavy (non-hydrogen) atoms. The second-order valence-electron chi connectivity index (χ2n) is 4.10. The van der Waals surface area contributed by atoms with Gasteiger partial charge in [0.25, 0.3) is 0 Å². The smallest absolute Gasteiger partial charge is 0.0750 e. The Morgan fingerprint density at radius 3 is 1.65 bits per heavy atom. The molecule has 0 radical (unpaired) electrons. The van der Waals surface area contributed by atoms with Crippen LogP contribution in [-0.4, -0.2) is 0 Å². The van der Waals surface area contributed by atoms with Gasteiger partial charge in [-0.2, -0.15) is 0 Å². The first-order chi connectivity index (χ1) is 9.17. The van der Waals surface area contributed by atoms with E-state index in [-0.39, 0.29) is 4.32 Å². The summed E-state index contributed by atoms with van der Waals surface area (Å²) in [5, 5.41) is 0. The van der Waals surface area contributed by atoms with Crippen molar-refractivity contribution in [2.75, 3.05) is 0 Å². The Kier molecular flexibility index (Phi) is 6.79. The van der Waals surface area contributed by atoms with Gasteiger partial charge in [-0.25, -0.2) is 0 Å². The van der Waals surface area contributed by atoms with Crippen LogP contribution in [0.15, 0.2) is 43.5 Å². The molecule has 0 spiro atoms. The van der Waals surface area contributed by atoms with Crippen LogP contribution in [0.25, 0.3) is 0 Å². The maximum atomic E-state index is 3.89. The van der Waals surface area contributed by atoms with Crippen LogP contribution in [0.3, 0.4) is 0 Å². The van der Waals surface area contributed by atoms with Crippen molar-refractivity contribution in [2.45, 2.75) is 10.7 Å². The highest BCUT2D eigenvalue weighted by Crippen LogP contribution is 2.54. The van der Waals surface area contributed by atoms with E-state index in [1.807, 2.05) is 0 Å². The fraction of sp³-hybridized carbons (Fsp3) is 0.167. The Bertz CT molecular complexity index is 616. The Morgan fingerprint density at radius 2 is 1.20 bits per heavy atom. The van der Waals surface area contributed by atoms with Crippen LogP contribution >= 0.6 is 127 Å². The predicted octanol–water partition coefficient (Wildman–Crippen LogP) is 9.05. The minimum atomic E-state index is -0.317. The molecule has 1 unspecified atom stereocenters. The minimum absolute atomic E-state index is 0.317. The normalized spacial score (nSPS) is 22.6. The van der Waals surface area contributed by atoms with Crippen LogP contribution < -0.4 is 0 Å². The van der Waals surface area contributed by atoms with Crippen molar-refractivity contribution >= 4 is 127 Å². The van der Waals surface area contributed by atoms with Gasteiger partial charge in [-0.3, -0.25) is 0 Å². The van der Waals surface area contributed by atoms with E-state index in [1.165, 1.54) is 0 Å². The number of hydrogen-bond acceptors (Lipinski definition) is 0. The molecule has 1 aliphatic carbocycles. The van der Waals surface area contributed by atoms with Gasteiger partial charge in [0.15, 0.2) is 0 Å². The second-order valence-corrected chi connectivity index (χ2v) is 11.4. The zero-order chi connectivity index (χ0) is 15.2. The summed E-state index contributed by atoms with van der Waals surface area (Å²) in [7, 11) is 0. The maximum Gasteiger partial charge on any atom is 0.0767 e. The third-order valence-corrected chi connectivity index (χ3v) is 10.7. The summed E-state index contributed by atoms with van der Waals surface area (Å²) in [6.45, 7) is 0. The average molecular weight is 787 g/mol. The molecule has 0 bridgehead atoms. The van der Waals surface area contributed by atoms with E-state index in [4.69, 9.17) is 0 Å². The maximum absolute atomic E-state index is 3.89. The molecule has 0 aromatic heterocycles. The molecule has 0 nitrogen and oxygen atoms in total. The SMILES string of the molecule is BrC1=CC(Br)(c2c(Br)c(Br)c(Br)c(Br)c2Br)CC(Br)=C1. The first-order valence-electron chi connectivity index (χ1n) is 5.12. The lowest BCUT2D eigenvalue weighted by molar-refractivity contribution is 0.778. The minimum Gasteiger partial charge on any atom is -0.0750 e. The van der Waals surface area contributed by atoms with E-state index in [9.17, 15) is 0 Å². The summed E-state index contributed by atoms with van der Waals surface area (Å²) >= 11 is 29.2. The summed E-state index contributed by atoms with van der Waals surface area (Å²) in [5.41, 5.74) is 1.11. The molecule has 8 heteroatoms. The molecule has 1 aromatic rings. The lowest BCUT2D eigenvalue weighted by atomic mass is 9.92. The first kappa shape index (κ1) is 18.9. The molecular formula is C12H4Br8. The topological polar surface area (TPSA) is 0 Å². The standard InChI is InChI=1S/C12H4Br8/c13-4-1-5(14)3-12(20,2-4)6-7(15)9(17)11(19)10(18)8(6)16/h1-2H,3H2. The van der Waals surface area contributed by atoms with Crippen molar-refractivity contribution in [1.82, 2.24) is 0 Å². The number of allylic oxidation sites excluding steroid dienone is 4. The Balaban J connectivity index is 2.74. The molecule has 0 saturated carbocycles. The molecule has 108 valence electrons. The monoisotopic (exact) mass is 779 g/mol. The quantitative estimate of drug-likeness (QED) is 0.152. The van der Waals surface area contributed by atoms with Gasteiger partial charge in [-0.1, -0.05) is 47.8 Å². The largest absolute Gasteiger partial charge is 0.0767 e. The van der Waals surface area contributed by atoms with E-state index in [0.29, 0.717) is 0 Å².